The van der Waals surface area contributed by atoms with E-state index in [1.54, 1.807) is 7.11 Å². The van der Waals surface area contributed by atoms with Crippen LogP contribution >= 0.6 is 0 Å². The van der Waals surface area contributed by atoms with Crippen LogP contribution < -0.4 is 9.47 Å². The second-order valence-electron chi connectivity index (χ2n) is 7.76. The Morgan fingerprint density at radius 1 is 1.04 bits per heavy atom. The van der Waals surface area contributed by atoms with E-state index in [2.05, 4.69) is 39.0 Å². The number of carbonyl (C=O) groups is 1. The predicted molar refractivity (Wildman–Crippen MR) is 103 cm³/mol. The predicted octanol–water partition coefficient (Wildman–Crippen LogP) is 3.96. The molecule has 1 amide bonds. The molecule has 4 nitrogen and oxygen atoms in total. The highest BCUT2D eigenvalue weighted by Gasteiger charge is 2.21. The monoisotopic (exact) mass is 353 g/mol. The van der Waals surface area contributed by atoms with Gasteiger partial charge >= 0.3 is 0 Å². The summed E-state index contributed by atoms with van der Waals surface area (Å²) in [5, 5.41) is 0. The summed E-state index contributed by atoms with van der Waals surface area (Å²) in [7, 11) is 1.66. The van der Waals surface area contributed by atoms with E-state index in [1.807, 2.05) is 29.2 Å². The Labute approximate surface area is 155 Å². The first-order valence-corrected chi connectivity index (χ1v) is 9.04. The number of amides is 1. The van der Waals surface area contributed by atoms with Crippen molar-refractivity contribution in [2.45, 2.75) is 39.2 Å². The molecule has 1 heterocycles. The largest absolute Gasteiger partial charge is 0.497 e. The molecule has 1 aliphatic heterocycles. The third-order valence-corrected chi connectivity index (χ3v) is 4.86. The number of benzene rings is 2. The molecule has 0 saturated heterocycles. The lowest BCUT2D eigenvalue weighted by molar-refractivity contribution is -0.134. The smallest absolute Gasteiger partial charge is 0.260 e. The SMILES string of the molecule is COc1ccc2c(c1)CN(C(=O)COc1ccc(C(C)(C)C)cc1)CC2. The maximum Gasteiger partial charge on any atom is 0.260 e. The molecule has 0 bridgehead atoms. The summed E-state index contributed by atoms with van der Waals surface area (Å²) in [6.07, 6.45) is 0.866. The molecule has 0 spiro atoms. The number of hydrogen-bond acceptors (Lipinski definition) is 3. The highest BCUT2D eigenvalue weighted by atomic mass is 16.5. The van der Waals surface area contributed by atoms with Crippen LogP contribution in [0.1, 0.15) is 37.5 Å². The number of nitrogens with zero attached hydrogens (tertiary/aromatic N) is 1. The number of methoxy groups -OCH3 is 1. The van der Waals surface area contributed by atoms with Crippen molar-refractivity contribution in [2.24, 2.45) is 0 Å². The number of carbonyl (C=O) groups excluding carboxylic acids is 1. The summed E-state index contributed by atoms with van der Waals surface area (Å²) in [6, 6.07) is 14.1. The molecule has 0 saturated carbocycles. The summed E-state index contributed by atoms with van der Waals surface area (Å²) in [5.74, 6) is 1.57. The van der Waals surface area contributed by atoms with Crippen molar-refractivity contribution in [3.63, 3.8) is 0 Å². The average molecular weight is 353 g/mol. The zero-order valence-corrected chi connectivity index (χ0v) is 16.0. The van der Waals surface area contributed by atoms with E-state index in [0.717, 1.165) is 30.0 Å². The van der Waals surface area contributed by atoms with Gasteiger partial charge in [0.2, 0.25) is 0 Å². The molecule has 4 heteroatoms. The van der Waals surface area contributed by atoms with Crippen molar-refractivity contribution >= 4 is 5.91 Å². The van der Waals surface area contributed by atoms with Gasteiger partial charge < -0.3 is 14.4 Å². The highest BCUT2D eigenvalue weighted by Crippen LogP contribution is 2.25. The standard InChI is InChI=1S/C22H27NO3/c1-22(2,3)18-6-9-19(10-7-18)26-15-21(24)23-12-11-16-5-8-20(25-4)13-17(16)14-23/h5-10,13H,11-12,14-15H2,1-4H3. The van der Waals surface area contributed by atoms with Crippen LogP contribution in [0.15, 0.2) is 42.5 Å². The van der Waals surface area contributed by atoms with E-state index in [-0.39, 0.29) is 17.9 Å². The fourth-order valence-electron chi connectivity index (χ4n) is 3.16. The van der Waals surface area contributed by atoms with Gasteiger partial charge in [-0.05, 0) is 52.8 Å². The lowest BCUT2D eigenvalue weighted by atomic mass is 9.87. The molecule has 0 radical (unpaired) electrons. The van der Waals surface area contributed by atoms with Gasteiger partial charge in [0.25, 0.3) is 5.91 Å². The summed E-state index contributed by atoms with van der Waals surface area (Å²) in [6.45, 7) is 7.93. The summed E-state index contributed by atoms with van der Waals surface area (Å²) >= 11 is 0. The Morgan fingerprint density at radius 2 is 1.73 bits per heavy atom. The molecule has 3 rings (SSSR count). The van der Waals surface area contributed by atoms with Gasteiger partial charge in [0.1, 0.15) is 11.5 Å². The molecular formula is C22H27NO3. The fourth-order valence-corrected chi connectivity index (χ4v) is 3.16. The second kappa shape index (κ2) is 7.40. The molecule has 138 valence electrons. The van der Waals surface area contributed by atoms with Crippen LogP contribution in [-0.2, 0) is 23.2 Å². The van der Waals surface area contributed by atoms with E-state index in [1.165, 1.54) is 11.1 Å². The third kappa shape index (κ3) is 4.18. The zero-order chi connectivity index (χ0) is 18.7. The minimum atomic E-state index is 0.0124. The maximum absolute atomic E-state index is 12.5. The van der Waals surface area contributed by atoms with Gasteiger partial charge in [-0.25, -0.2) is 0 Å². The van der Waals surface area contributed by atoms with Gasteiger partial charge in [-0.3, -0.25) is 4.79 Å². The molecule has 2 aromatic rings. The summed E-state index contributed by atoms with van der Waals surface area (Å²) in [5.41, 5.74) is 3.79. The van der Waals surface area contributed by atoms with Crippen molar-refractivity contribution in [1.29, 1.82) is 0 Å². The fraction of sp³-hybridized carbons (Fsp3) is 0.409. The van der Waals surface area contributed by atoms with Crippen LogP contribution in [0, 0.1) is 0 Å². The van der Waals surface area contributed by atoms with Crippen LogP contribution in [0.4, 0.5) is 0 Å². The normalized spacial score (nSPS) is 13.9. The molecule has 0 fully saturated rings. The van der Waals surface area contributed by atoms with Crippen LogP contribution in [-0.4, -0.2) is 31.1 Å². The van der Waals surface area contributed by atoms with E-state index in [4.69, 9.17) is 9.47 Å². The quantitative estimate of drug-likeness (QED) is 0.835. The van der Waals surface area contributed by atoms with Crippen LogP contribution in [0.25, 0.3) is 0 Å². The first kappa shape index (κ1) is 18.3. The van der Waals surface area contributed by atoms with Crippen molar-refractivity contribution in [3.8, 4) is 11.5 Å². The summed E-state index contributed by atoms with van der Waals surface area (Å²) < 4.78 is 11.0. The van der Waals surface area contributed by atoms with Gasteiger partial charge in [-0.1, -0.05) is 39.0 Å². The molecule has 2 aromatic carbocycles. The minimum absolute atomic E-state index is 0.0124. The molecule has 0 unspecified atom stereocenters. The first-order valence-electron chi connectivity index (χ1n) is 9.04. The second-order valence-corrected chi connectivity index (χ2v) is 7.76. The molecule has 0 N–H and O–H groups in total. The molecule has 1 aliphatic rings. The Balaban J connectivity index is 1.58. The van der Waals surface area contributed by atoms with Crippen molar-refractivity contribution in [1.82, 2.24) is 4.90 Å². The van der Waals surface area contributed by atoms with E-state index >= 15 is 0 Å². The third-order valence-electron chi connectivity index (χ3n) is 4.86. The number of ether oxygens (including phenoxy) is 2. The van der Waals surface area contributed by atoms with Crippen molar-refractivity contribution in [2.75, 3.05) is 20.3 Å². The van der Waals surface area contributed by atoms with E-state index in [0.29, 0.717) is 6.54 Å². The zero-order valence-electron chi connectivity index (χ0n) is 16.0. The minimum Gasteiger partial charge on any atom is -0.497 e. The highest BCUT2D eigenvalue weighted by molar-refractivity contribution is 5.78. The topological polar surface area (TPSA) is 38.8 Å². The average Bonchev–Trinajstić information content (AvgIpc) is 2.64. The Hall–Kier alpha value is -2.49. The molecule has 0 aromatic heterocycles. The van der Waals surface area contributed by atoms with Gasteiger partial charge in [-0.2, -0.15) is 0 Å². The number of rotatable bonds is 4. The molecule has 26 heavy (non-hydrogen) atoms. The van der Waals surface area contributed by atoms with Gasteiger partial charge in [-0.15, -0.1) is 0 Å². The summed E-state index contributed by atoms with van der Waals surface area (Å²) in [4.78, 5) is 14.4. The van der Waals surface area contributed by atoms with Crippen molar-refractivity contribution in [3.05, 3.63) is 59.2 Å². The van der Waals surface area contributed by atoms with Gasteiger partial charge in [0.05, 0.1) is 7.11 Å². The lowest BCUT2D eigenvalue weighted by Gasteiger charge is -2.29. The van der Waals surface area contributed by atoms with E-state index < -0.39 is 0 Å². The Kier molecular flexibility index (Phi) is 5.21. The van der Waals surface area contributed by atoms with Crippen LogP contribution in [0.3, 0.4) is 0 Å². The van der Waals surface area contributed by atoms with Gasteiger partial charge in [0.15, 0.2) is 6.61 Å². The molecule has 0 atom stereocenters. The molecule has 0 aliphatic carbocycles. The lowest BCUT2D eigenvalue weighted by Crippen LogP contribution is -2.38. The first-order chi connectivity index (χ1) is 12.4. The van der Waals surface area contributed by atoms with E-state index in [9.17, 15) is 4.79 Å². The Morgan fingerprint density at radius 3 is 2.38 bits per heavy atom. The van der Waals surface area contributed by atoms with Crippen LogP contribution in [0.5, 0.6) is 11.5 Å². The maximum atomic E-state index is 12.5. The molecular weight excluding hydrogens is 326 g/mol. The Bertz CT molecular complexity index is 775. The number of hydrogen-bond donors (Lipinski definition) is 0. The number of fused-ring (bicyclic) bond motifs is 1. The van der Waals surface area contributed by atoms with Crippen molar-refractivity contribution < 1.29 is 14.3 Å². The van der Waals surface area contributed by atoms with Crippen LogP contribution in [0.2, 0.25) is 0 Å². The van der Waals surface area contributed by atoms with Gasteiger partial charge in [0, 0.05) is 13.1 Å².